The van der Waals surface area contributed by atoms with Crippen molar-refractivity contribution in [3.63, 3.8) is 0 Å². The Morgan fingerprint density at radius 1 is 1.20 bits per heavy atom. The van der Waals surface area contributed by atoms with Crippen LogP contribution in [0.4, 0.5) is 5.95 Å². The van der Waals surface area contributed by atoms with Crippen LogP contribution in [0.1, 0.15) is 5.82 Å². The highest BCUT2D eigenvalue weighted by Gasteiger charge is 2.05. The summed E-state index contributed by atoms with van der Waals surface area (Å²) in [6.45, 7) is 1.76. The fourth-order valence-corrected chi connectivity index (χ4v) is 1.36. The van der Waals surface area contributed by atoms with Gasteiger partial charge in [-0.1, -0.05) is 0 Å². The number of aromatic nitrogens is 4. The molecule has 0 radical (unpaired) electrons. The van der Waals surface area contributed by atoms with E-state index in [4.69, 9.17) is 5.73 Å². The van der Waals surface area contributed by atoms with Crippen molar-refractivity contribution >= 4 is 21.9 Å². The minimum absolute atomic E-state index is 0.210. The molecule has 0 spiro atoms. The lowest BCUT2D eigenvalue weighted by atomic mass is 10.3. The van der Waals surface area contributed by atoms with Gasteiger partial charge in [-0.3, -0.25) is 4.98 Å². The molecule has 0 saturated heterocycles. The smallest absolute Gasteiger partial charge is 0.223 e. The van der Waals surface area contributed by atoms with Gasteiger partial charge in [0.15, 0.2) is 5.82 Å². The van der Waals surface area contributed by atoms with E-state index in [1.807, 2.05) is 12.1 Å². The molecule has 0 atom stereocenters. The molecule has 0 aliphatic rings. The number of rotatable bonds is 1. The summed E-state index contributed by atoms with van der Waals surface area (Å²) in [5, 5.41) is 0. The molecule has 0 fully saturated rings. The minimum Gasteiger partial charge on any atom is -0.368 e. The van der Waals surface area contributed by atoms with Crippen LogP contribution in [0.25, 0.3) is 11.5 Å². The molecular weight excluding hydrogens is 258 g/mol. The Labute approximate surface area is 94.9 Å². The highest BCUT2D eigenvalue weighted by molar-refractivity contribution is 9.10. The molecular formula is C9H8BrN5. The maximum absolute atomic E-state index is 5.53. The molecule has 0 aromatic carbocycles. The fraction of sp³-hybridized carbons (Fsp3) is 0.111. The summed E-state index contributed by atoms with van der Waals surface area (Å²) in [6, 6.07) is 3.69. The number of halogens is 1. The Balaban J connectivity index is 2.49. The number of nitrogens with two attached hydrogens (primary N) is 1. The van der Waals surface area contributed by atoms with Crippen LogP contribution >= 0.6 is 15.9 Å². The minimum atomic E-state index is 0.210. The summed E-state index contributed by atoms with van der Waals surface area (Å²) in [5.74, 6) is 1.29. The van der Waals surface area contributed by atoms with Crippen molar-refractivity contribution in [2.45, 2.75) is 6.92 Å². The number of nitrogens with zero attached hydrogens (tertiary/aromatic N) is 4. The van der Waals surface area contributed by atoms with Crippen LogP contribution in [0, 0.1) is 6.92 Å². The average Bonchev–Trinajstić information content (AvgIpc) is 2.17. The van der Waals surface area contributed by atoms with Crippen molar-refractivity contribution < 1.29 is 0 Å². The van der Waals surface area contributed by atoms with Gasteiger partial charge < -0.3 is 5.73 Å². The SMILES string of the molecule is Cc1nc(N)nc(-c2ccc(Br)cn2)n1. The van der Waals surface area contributed by atoms with E-state index in [1.54, 1.807) is 13.1 Å². The monoisotopic (exact) mass is 265 g/mol. The van der Waals surface area contributed by atoms with Crippen molar-refractivity contribution in [2.24, 2.45) is 0 Å². The van der Waals surface area contributed by atoms with Crippen molar-refractivity contribution in [3.8, 4) is 11.5 Å². The number of nitrogen functional groups attached to an aromatic ring is 1. The summed E-state index contributed by atoms with van der Waals surface area (Å²) >= 11 is 3.31. The zero-order valence-electron chi connectivity index (χ0n) is 7.98. The highest BCUT2D eigenvalue weighted by Crippen LogP contribution is 2.15. The molecule has 0 saturated carbocycles. The number of hydrogen-bond acceptors (Lipinski definition) is 5. The van der Waals surface area contributed by atoms with Crippen molar-refractivity contribution in [1.82, 2.24) is 19.9 Å². The van der Waals surface area contributed by atoms with E-state index in [-0.39, 0.29) is 5.95 Å². The fourth-order valence-electron chi connectivity index (χ4n) is 1.13. The van der Waals surface area contributed by atoms with Crippen molar-refractivity contribution in [1.29, 1.82) is 0 Å². The molecule has 0 amide bonds. The Hall–Kier alpha value is -1.56. The third-order valence-corrected chi connectivity index (χ3v) is 2.19. The molecule has 0 aliphatic heterocycles. The summed E-state index contributed by atoms with van der Waals surface area (Å²) < 4.78 is 0.907. The van der Waals surface area contributed by atoms with Crippen molar-refractivity contribution in [3.05, 3.63) is 28.6 Å². The first-order valence-electron chi connectivity index (χ1n) is 4.25. The maximum atomic E-state index is 5.53. The molecule has 76 valence electrons. The Kier molecular flexibility index (Phi) is 2.59. The van der Waals surface area contributed by atoms with Crippen LogP contribution in [0.2, 0.25) is 0 Å². The summed E-state index contributed by atoms with van der Waals surface area (Å²) in [4.78, 5) is 16.2. The topological polar surface area (TPSA) is 77.6 Å². The zero-order chi connectivity index (χ0) is 10.8. The van der Waals surface area contributed by atoms with Gasteiger partial charge in [0.05, 0.1) is 0 Å². The van der Waals surface area contributed by atoms with E-state index in [0.29, 0.717) is 17.3 Å². The van der Waals surface area contributed by atoms with Gasteiger partial charge in [0.25, 0.3) is 0 Å². The number of aryl methyl sites for hydroxylation is 1. The van der Waals surface area contributed by atoms with Crippen LogP contribution < -0.4 is 5.73 Å². The summed E-state index contributed by atoms with van der Waals surface area (Å²) in [5.41, 5.74) is 6.20. The number of anilines is 1. The van der Waals surface area contributed by atoms with E-state index < -0.39 is 0 Å². The molecule has 0 unspecified atom stereocenters. The average molecular weight is 266 g/mol. The first kappa shape index (κ1) is 9.97. The Morgan fingerprint density at radius 3 is 2.60 bits per heavy atom. The van der Waals surface area contributed by atoms with Crippen LogP contribution in [0.15, 0.2) is 22.8 Å². The highest BCUT2D eigenvalue weighted by atomic mass is 79.9. The van der Waals surface area contributed by atoms with Gasteiger partial charge in [-0.15, -0.1) is 0 Å². The lowest BCUT2D eigenvalue weighted by Crippen LogP contribution is -2.02. The molecule has 2 rings (SSSR count). The van der Waals surface area contributed by atoms with Gasteiger partial charge in [-0.05, 0) is 35.0 Å². The van der Waals surface area contributed by atoms with Crippen LogP contribution in [0.5, 0.6) is 0 Å². The lowest BCUT2D eigenvalue weighted by Gasteiger charge is -2.01. The Morgan fingerprint density at radius 2 is 2.00 bits per heavy atom. The number of hydrogen-bond donors (Lipinski definition) is 1. The molecule has 2 N–H and O–H groups in total. The van der Waals surface area contributed by atoms with Gasteiger partial charge in [-0.2, -0.15) is 9.97 Å². The van der Waals surface area contributed by atoms with Gasteiger partial charge >= 0.3 is 0 Å². The van der Waals surface area contributed by atoms with E-state index >= 15 is 0 Å². The second-order valence-electron chi connectivity index (χ2n) is 2.93. The van der Waals surface area contributed by atoms with E-state index in [0.717, 1.165) is 4.47 Å². The van der Waals surface area contributed by atoms with Crippen LogP contribution in [0.3, 0.4) is 0 Å². The normalized spacial score (nSPS) is 10.3. The standard InChI is InChI=1S/C9H8BrN5/c1-5-13-8(15-9(11)14-5)7-3-2-6(10)4-12-7/h2-4H,1H3,(H2,11,13,14,15). The molecule has 6 heteroatoms. The summed E-state index contributed by atoms with van der Waals surface area (Å²) in [7, 11) is 0. The quantitative estimate of drug-likeness (QED) is 0.847. The molecule has 2 aromatic heterocycles. The largest absolute Gasteiger partial charge is 0.368 e. The predicted molar refractivity (Wildman–Crippen MR) is 59.9 cm³/mol. The van der Waals surface area contributed by atoms with Crippen LogP contribution in [-0.4, -0.2) is 19.9 Å². The lowest BCUT2D eigenvalue weighted by molar-refractivity contribution is 0.987. The third-order valence-electron chi connectivity index (χ3n) is 1.72. The predicted octanol–water partition coefficient (Wildman–Crippen LogP) is 1.59. The second-order valence-corrected chi connectivity index (χ2v) is 3.84. The molecule has 2 heterocycles. The molecule has 5 nitrogen and oxygen atoms in total. The van der Waals surface area contributed by atoms with E-state index in [9.17, 15) is 0 Å². The van der Waals surface area contributed by atoms with Crippen LogP contribution in [-0.2, 0) is 0 Å². The Bertz CT molecular complexity index is 462. The van der Waals surface area contributed by atoms with Gasteiger partial charge in [0.1, 0.15) is 11.5 Å². The van der Waals surface area contributed by atoms with Gasteiger partial charge in [-0.25, -0.2) is 4.98 Å². The zero-order valence-corrected chi connectivity index (χ0v) is 9.56. The van der Waals surface area contributed by atoms with E-state index in [2.05, 4.69) is 35.9 Å². The molecule has 0 aliphatic carbocycles. The molecule has 2 aromatic rings. The first-order chi connectivity index (χ1) is 7.15. The summed E-state index contributed by atoms with van der Waals surface area (Å²) in [6.07, 6.45) is 1.69. The van der Waals surface area contributed by atoms with Gasteiger partial charge in [0.2, 0.25) is 5.95 Å². The van der Waals surface area contributed by atoms with Gasteiger partial charge in [0, 0.05) is 10.7 Å². The maximum Gasteiger partial charge on any atom is 0.223 e. The molecule has 0 bridgehead atoms. The molecule has 15 heavy (non-hydrogen) atoms. The third kappa shape index (κ3) is 2.27. The van der Waals surface area contributed by atoms with Crippen molar-refractivity contribution in [2.75, 3.05) is 5.73 Å². The second kappa shape index (κ2) is 3.90. The van der Waals surface area contributed by atoms with E-state index in [1.165, 1.54) is 0 Å². The first-order valence-corrected chi connectivity index (χ1v) is 5.04. The number of pyridine rings is 1.